The molecule has 4 nitrogen and oxygen atoms in total. The first kappa shape index (κ1) is 21.6. The molecule has 0 spiro atoms. The van der Waals surface area contributed by atoms with Crippen LogP contribution in [0.5, 0.6) is 0 Å². The minimum absolute atomic E-state index is 0.0246. The fourth-order valence-electron chi connectivity index (χ4n) is 3.74. The number of nitrogens with zero attached hydrogens (tertiary/aromatic N) is 2. The van der Waals surface area contributed by atoms with Gasteiger partial charge in [0.25, 0.3) is 5.91 Å². The van der Waals surface area contributed by atoms with Gasteiger partial charge in [0.1, 0.15) is 5.82 Å². The summed E-state index contributed by atoms with van der Waals surface area (Å²) in [5, 5.41) is 4.95. The number of hydrogen-bond acceptors (Lipinski definition) is 3. The number of aromatic nitrogens is 2. The van der Waals surface area contributed by atoms with Crippen molar-refractivity contribution in [3.05, 3.63) is 52.5 Å². The average molecular weight is 412 g/mol. The first-order valence-electron chi connectivity index (χ1n) is 11.1. The van der Waals surface area contributed by atoms with Gasteiger partial charge >= 0.3 is 0 Å². The van der Waals surface area contributed by atoms with Gasteiger partial charge < -0.3 is 9.88 Å². The second-order valence-electron chi connectivity index (χ2n) is 7.63. The highest BCUT2D eigenvalue weighted by atomic mass is 32.1. The number of hydrogen-bond donors (Lipinski definition) is 1. The predicted octanol–water partition coefficient (Wildman–Crippen LogP) is 6.21. The minimum Gasteiger partial charge on any atom is -0.351 e. The van der Waals surface area contributed by atoms with Crippen molar-refractivity contribution in [2.75, 3.05) is 6.54 Å². The Morgan fingerprint density at radius 2 is 1.79 bits per heavy atom. The third-order valence-electron chi connectivity index (χ3n) is 5.33. The van der Waals surface area contributed by atoms with Gasteiger partial charge in [0.2, 0.25) is 0 Å². The third-order valence-corrected chi connectivity index (χ3v) is 6.20. The van der Waals surface area contributed by atoms with Crippen molar-refractivity contribution in [3.8, 4) is 0 Å². The molecular weight excluding hydrogens is 378 g/mol. The van der Waals surface area contributed by atoms with Gasteiger partial charge in [-0.25, -0.2) is 4.98 Å². The van der Waals surface area contributed by atoms with Crippen LogP contribution in [0.3, 0.4) is 0 Å². The van der Waals surface area contributed by atoms with Gasteiger partial charge in [-0.05, 0) is 36.4 Å². The van der Waals surface area contributed by atoms with Gasteiger partial charge in [-0.1, -0.05) is 63.6 Å². The number of thiophene rings is 1. The van der Waals surface area contributed by atoms with E-state index < -0.39 is 0 Å². The van der Waals surface area contributed by atoms with Crippen LogP contribution in [0.1, 0.15) is 73.8 Å². The first-order valence-corrected chi connectivity index (χ1v) is 11.9. The molecule has 2 aromatic heterocycles. The molecule has 0 fully saturated rings. The van der Waals surface area contributed by atoms with Gasteiger partial charge in [0.05, 0.1) is 15.9 Å². The van der Waals surface area contributed by atoms with E-state index in [1.54, 1.807) is 0 Å². The summed E-state index contributed by atoms with van der Waals surface area (Å²) in [5.41, 5.74) is 2.31. The van der Waals surface area contributed by atoms with Crippen molar-refractivity contribution >= 4 is 28.3 Å². The van der Waals surface area contributed by atoms with Crippen LogP contribution in [-0.4, -0.2) is 22.0 Å². The summed E-state index contributed by atoms with van der Waals surface area (Å²) in [6.07, 6.45) is 11.0. The summed E-state index contributed by atoms with van der Waals surface area (Å²) < 4.78 is 2.39. The molecule has 0 aliphatic heterocycles. The number of para-hydroxylation sites is 2. The zero-order valence-corrected chi connectivity index (χ0v) is 18.3. The van der Waals surface area contributed by atoms with E-state index in [0.29, 0.717) is 6.54 Å². The van der Waals surface area contributed by atoms with Gasteiger partial charge in [-0.2, -0.15) is 0 Å². The molecule has 0 aliphatic carbocycles. The van der Waals surface area contributed by atoms with E-state index in [1.807, 2.05) is 17.5 Å². The highest BCUT2D eigenvalue weighted by molar-refractivity contribution is 7.12. The number of carbonyl (C=O) groups is 1. The molecule has 2 heterocycles. The van der Waals surface area contributed by atoms with Crippen LogP contribution >= 0.6 is 11.3 Å². The molecular formula is C24H33N3OS. The van der Waals surface area contributed by atoms with E-state index in [1.165, 1.54) is 61.8 Å². The number of benzene rings is 1. The number of aryl methyl sites for hydroxylation is 2. The van der Waals surface area contributed by atoms with Crippen molar-refractivity contribution in [3.63, 3.8) is 0 Å². The summed E-state index contributed by atoms with van der Waals surface area (Å²) in [6, 6.07) is 12.2. The van der Waals surface area contributed by atoms with Crippen molar-refractivity contribution < 1.29 is 4.79 Å². The maximum atomic E-state index is 12.1. The molecule has 0 atom stereocenters. The third kappa shape index (κ3) is 6.43. The van der Waals surface area contributed by atoms with Crippen molar-refractivity contribution in [1.82, 2.24) is 14.9 Å². The molecule has 29 heavy (non-hydrogen) atoms. The van der Waals surface area contributed by atoms with E-state index in [-0.39, 0.29) is 5.91 Å². The van der Waals surface area contributed by atoms with Crippen LogP contribution in [0.25, 0.3) is 11.0 Å². The maximum Gasteiger partial charge on any atom is 0.261 e. The predicted molar refractivity (Wildman–Crippen MR) is 123 cm³/mol. The fourth-order valence-corrected chi connectivity index (χ4v) is 4.38. The molecule has 1 aromatic carbocycles. The molecule has 3 rings (SSSR count). The smallest absolute Gasteiger partial charge is 0.261 e. The average Bonchev–Trinajstić information content (AvgIpc) is 3.39. The Balaban J connectivity index is 1.50. The zero-order chi connectivity index (χ0) is 20.3. The number of carbonyl (C=O) groups excluding carboxylic acids is 1. The van der Waals surface area contributed by atoms with E-state index in [4.69, 9.17) is 4.98 Å². The fraction of sp³-hybridized carbons (Fsp3) is 0.500. The Labute approximate surface area is 178 Å². The van der Waals surface area contributed by atoms with Gasteiger partial charge in [-0.15, -0.1) is 11.3 Å². The highest BCUT2D eigenvalue weighted by Gasteiger charge is 2.11. The standard InChI is InChI=1S/C24H33N3OS/c1-2-3-4-5-6-7-10-18-27-21-14-9-8-13-20(21)26-23(27)16-11-17-25-24(28)22-15-12-19-29-22/h8-9,12-15,19H,2-7,10-11,16-18H2,1H3,(H,25,28). The Kier molecular flexibility index (Phi) is 8.75. The molecule has 0 aliphatic rings. The summed E-state index contributed by atoms with van der Waals surface area (Å²) in [7, 11) is 0. The van der Waals surface area contributed by atoms with E-state index in [0.717, 1.165) is 35.6 Å². The molecule has 1 N–H and O–H groups in total. The molecule has 0 saturated carbocycles. The monoisotopic (exact) mass is 411 g/mol. The van der Waals surface area contributed by atoms with Gasteiger partial charge in [-0.3, -0.25) is 4.79 Å². The summed E-state index contributed by atoms with van der Waals surface area (Å²) in [6.45, 7) is 3.97. The topological polar surface area (TPSA) is 46.9 Å². The number of fused-ring (bicyclic) bond motifs is 1. The normalized spacial score (nSPS) is 11.2. The lowest BCUT2D eigenvalue weighted by Crippen LogP contribution is -2.24. The SMILES string of the molecule is CCCCCCCCCn1c(CCCNC(=O)c2cccs2)nc2ccccc21. The Bertz CT molecular complexity index is 870. The Hall–Kier alpha value is -2.14. The van der Waals surface area contributed by atoms with Crippen LogP contribution in [0.15, 0.2) is 41.8 Å². The molecule has 3 aromatic rings. The summed E-state index contributed by atoms with van der Waals surface area (Å²) in [4.78, 5) is 17.7. The molecule has 0 saturated heterocycles. The first-order chi connectivity index (χ1) is 14.3. The summed E-state index contributed by atoms with van der Waals surface area (Å²) >= 11 is 1.48. The Morgan fingerprint density at radius 1 is 1.00 bits per heavy atom. The molecule has 156 valence electrons. The number of unbranched alkanes of at least 4 members (excludes halogenated alkanes) is 6. The van der Waals surface area contributed by atoms with E-state index in [2.05, 4.69) is 41.1 Å². The largest absolute Gasteiger partial charge is 0.351 e. The maximum absolute atomic E-state index is 12.1. The summed E-state index contributed by atoms with van der Waals surface area (Å²) in [5.74, 6) is 1.17. The number of imidazole rings is 1. The van der Waals surface area contributed by atoms with Crippen LogP contribution in [0.2, 0.25) is 0 Å². The second-order valence-corrected chi connectivity index (χ2v) is 8.57. The minimum atomic E-state index is 0.0246. The van der Waals surface area contributed by atoms with Crippen LogP contribution in [0, 0.1) is 0 Å². The van der Waals surface area contributed by atoms with E-state index >= 15 is 0 Å². The van der Waals surface area contributed by atoms with Crippen molar-refractivity contribution in [2.45, 2.75) is 71.3 Å². The van der Waals surface area contributed by atoms with Crippen molar-refractivity contribution in [1.29, 1.82) is 0 Å². The van der Waals surface area contributed by atoms with Crippen LogP contribution in [0.4, 0.5) is 0 Å². The zero-order valence-electron chi connectivity index (χ0n) is 17.5. The molecule has 0 bridgehead atoms. The van der Waals surface area contributed by atoms with Crippen molar-refractivity contribution in [2.24, 2.45) is 0 Å². The number of nitrogens with one attached hydrogen (secondary N) is 1. The molecule has 5 heteroatoms. The lowest BCUT2D eigenvalue weighted by atomic mass is 10.1. The second kappa shape index (κ2) is 11.8. The molecule has 0 unspecified atom stereocenters. The Morgan fingerprint density at radius 3 is 2.59 bits per heavy atom. The highest BCUT2D eigenvalue weighted by Crippen LogP contribution is 2.19. The lowest BCUT2D eigenvalue weighted by molar-refractivity contribution is 0.0957. The van der Waals surface area contributed by atoms with Crippen LogP contribution < -0.4 is 5.32 Å². The molecule has 0 radical (unpaired) electrons. The molecule has 1 amide bonds. The van der Waals surface area contributed by atoms with Crippen LogP contribution in [-0.2, 0) is 13.0 Å². The van der Waals surface area contributed by atoms with Gasteiger partial charge in [0, 0.05) is 19.5 Å². The number of rotatable bonds is 13. The quantitative estimate of drug-likeness (QED) is 0.340. The number of amides is 1. The van der Waals surface area contributed by atoms with Gasteiger partial charge in [0.15, 0.2) is 0 Å². The lowest BCUT2D eigenvalue weighted by Gasteiger charge is -2.10. The van der Waals surface area contributed by atoms with E-state index in [9.17, 15) is 4.79 Å².